The molecule has 6 heteroatoms. The summed E-state index contributed by atoms with van der Waals surface area (Å²) in [6.45, 7) is 0. The van der Waals surface area contributed by atoms with Crippen molar-refractivity contribution in [2.24, 2.45) is 5.92 Å². The summed E-state index contributed by atoms with van der Waals surface area (Å²) in [5, 5.41) is 3.70. The highest BCUT2D eigenvalue weighted by Crippen LogP contribution is 2.38. The van der Waals surface area contributed by atoms with Gasteiger partial charge in [0.15, 0.2) is 0 Å². The highest BCUT2D eigenvalue weighted by molar-refractivity contribution is 6.33. The number of pyridine rings is 1. The van der Waals surface area contributed by atoms with E-state index >= 15 is 0 Å². The van der Waals surface area contributed by atoms with Crippen LogP contribution >= 0.6 is 11.6 Å². The van der Waals surface area contributed by atoms with Crippen molar-refractivity contribution in [3.63, 3.8) is 0 Å². The zero-order valence-electron chi connectivity index (χ0n) is 9.67. The van der Waals surface area contributed by atoms with E-state index in [0.29, 0.717) is 23.6 Å². The molecule has 0 radical (unpaired) electrons. The summed E-state index contributed by atoms with van der Waals surface area (Å²) >= 11 is 5.96. The Bertz CT molecular complexity index is 401. The second-order valence-corrected chi connectivity index (χ2v) is 5.00. The van der Waals surface area contributed by atoms with E-state index in [1.807, 2.05) is 0 Å². The van der Waals surface area contributed by atoms with Crippen LogP contribution in [0, 0.1) is 5.92 Å². The number of rotatable bonds is 2. The van der Waals surface area contributed by atoms with Crippen molar-refractivity contribution < 1.29 is 13.2 Å². The van der Waals surface area contributed by atoms with E-state index in [1.165, 1.54) is 0 Å². The van der Waals surface area contributed by atoms with Gasteiger partial charge in [-0.15, -0.1) is 0 Å². The lowest BCUT2D eigenvalue weighted by molar-refractivity contribution is -0.182. The minimum atomic E-state index is -4.06. The van der Waals surface area contributed by atoms with Gasteiger partial charge in [0, 0.05) is 12.2 Å². The Labute approximate surface area is 109 Å². The summed E-state index contributed by atoms with van der Waals surface area (Å²) in [6, 6.07) is 1.70. The van der Waals surface area contributed by atoms with Gasteiger partial charge in [-0.05, 0) is 31.7 Å². The Morgan fingerprint density at radius 3 is 2.44 bits per heavy atom. The maximum Gasteiger partial charge on any atom is 0.391 e. The van der Waals surface area contributed by atoms with Crippen LogP contribution in [0.4, 0.5) is 18.9 Å². The molecule has 1 fully saturated rings. The molecule has 1 saturated carbocycles. The van der Waals surface area contributed by atoms with Gasteiger partial charge in [-0.3, -0.25) is 4.98 Å². The zero-order chi connectivity index (χ0) is 13.2. The molecule has 1 N–H and O–H groups in total. The fourth-order valence-corrected chi connectivity index (χ4v) is 2.43. The first-order valence-electron chi connectivity index (χ1n) is 5.89. The Hall–Kier alpha value is -0.970. The topological polar surface area (TPSA) is 24.9 Å². The molecule has 0 aliphatic heterocycles. The molecular formula is C12H14ClF3N2. The quantitative estimate of drug-likeness (QED) is 0.874. The molecule has 2 rings (SSSR count). The van der Waals surface area contributed by atoms with Crippen molar-refractivity contribution >= 4 is 17.3 Å². The normalized spacial score (nSPS) is 24.9. The van der Waals surface area contributed by atoms with Crippen molar-refractivity contribution in [2.45, 2.75) is 37.9 Å². The van der Waals surface area contributed by atoms with E-state index in [-0.39, 0.29) is 18.9 Å². The molecule has 100 valence electrons. The maximum atomic E-state index is 12.5. The second kappa shape index (κ2) is 5.34. The van der Waals surface area contributed by atoms with Crippen molar-refractivity contribution in [1.29, 1.82) is 0 Å². The minimum absolute atomic E-state index is 0.0466. The monoisotopic (exact) mass is 278 g/mol. The Morgan fingerprint density at radius 2 is 1.89 bits per heavy atom. The fourth-order valence-electron chi connectivity index (χ4n) is 2.27. The summed E-state index contributed by atoms with van der Waals surface area (Å²) in [6.07, 6.45) is 0.492. The van der Waals surface area contributed by atoms with E-state index in [4.69, 9.17) is 11.6 Å². The third-order valence-corrected chi connectivity index (χ3v) is 3.65. The zero-order valence-corrected chi connectivity index (χ0v) is 10.4. The third kappa shape index (κ3) is 3.28. The molecular weight excluding hydrogens is 265 g/mol. The van der Waals surface area contributed by atoms with Crippen LogP contribution in [0.25, 0.3) is 0 Å². The van der Waals surface area contributed by atoms with Gasteiger partial charge >= 0.3 is 6.18 Å². The van der Waals surface area contributed by atoms with E-state index in [9.17, 15) is 13.2 Å². The molecule has 0 amide bonds. The first kappa shape index (κ1) is 13.5. The minimum Gasteiger partial charge on any atom is -0.380 e. The maximum absolute atomic E-state index is 12.5. The van der Waals surface area contributed by atoms with Crippen molar-refractivity contribution in [2.75, 3.05) is 5.32 Å². The Balaban J connectivity index is 1.90. The molecule has 1 aromatic heterocycles. The standard InChI is InChI=1S/C12H14ClF3N2/c13-10-5-6-17-7-11(10)18-9-3-1-8(2-4-9)12(14,15)16/h5-9,18H,1-4H2. The average molecular weight is 279 g/mol. The van der Waals surface area contributed by atoms with Crippen molar-refractivity contribution in [1.82, 2.24) is 4.98 Å². The third-order valence-electron chi connectivity index (χ3n) is 3.32. The lowest BCUT2D eigenvalue weighted by atomic mass is 9.85. The molecule has 0 saturated heterocycles. The second-order valence-electron chi connectivity index (χ2n) is 4.59. The number of anilines is 1. The number of hydrogen-bond donors (Lipinski definition) is 1. The molecule has 0 atom stereocenters. The van der Waals surface area contributed by atoms with E-state index in [2.05, 4.69) is 10.3 Å². The number of nitrogens with one attached hydrogen (secondary N) is 1. The highest BCUT2D eigenvalue weighted by atomic mass is 35.5. The molecule has 1 aliphatic rings. The first-order chi connectivity index (χ1) is 8.47. The van der Waals surface area contributed by atoms with Gasteiger partial charge in [0.05, 0.1) is 22.8 Å². The molecule has 0 spiro atoms. The highest BCUT2D eigenvalue weighted by Gasteiger charge is 2.41. The molecule has 0 aromatic carbocycles. The van der Waals surface area contributed by atoms with Gasteiger partial charge in [-0.2, -0.15) is 13.2 Å². The van der Waals surface area contributed by atoms with Crippen LogP contribution in [0.15, 0.2) is 18.5 Å². The Kier molecular flexibility index (Phi) is 4.00. The van der Waals surface area contributed by atoms with Gasteiger partial charge < -0.3 is 5.32 Å². The van der Waals surface area contributed by atoms with Crippen LogP contribution in [0.5, 0.6) is 0 Å². The van der Waals surface area contributed by atoms with E-state index in [0.717, 1.165) is 0 Å². The summed E-state index contributed by atoms with van der Waals surface area (Å²) in [7, 11) is 0. The molecule has 0 unspecified atom stereocenters. The van der Waals surface area contributed by atoms with Crippen LogP contribution < -0.4 is 5.32 Å². The molecule has 0 bridgehead atoms. The predicted molar refractivity (Wildman–Crippen MR) is 64.7 cm³/mol. The van der Waals surface area contributed by atoms with Gasteiger partial charge in [0.1, 0.15) is 0 Å². The van der Waals surface area contributed by atoms with Crippen LogP contribution in [0.1, 0.15) is 25.7 Å². The number of nitrogens with zero attached hydrogens (tertiary/aromatic N) is 1. The van der Waals surface area contributed by atoms with Crippen molar-refractivity contribution in [3.05, 3.63) is 23.5 Å². The molecule has 1 aromatic rings. The summed E-state index contributed by atoms with van der Waals surface area (Å²) in [4.78, 5) is 3.94. The van der Waals surface area contributed by atoms with E-state index < -0.39 is 12.1 Å². The number of halogens is 4. The molecule has 1 heterocycles. The largest absolute Gasteiger partial charge is 0.391 e. The molecule has 18 heavy (non-hydrogen) atoms. The average Bonchev–Trinajstić information content (AvgIpc) is 2.32. The SMILES string of the molecule is FC(F)(F)C1CCC(Nc2cnccc2Cl)CC1. The van der Waals surface area contributed by atoms with Gasteiger partial charge in [0.2, 0.25) is 0 Å². The summed E-state index contributed by atoms with van der Waals surface area (Å²) in [5.74, 6) is -1.15. The molecule has 1 aliphatic carbocycles. The number of alkyl halides is 3. The van der Waals surface area contributed by atoms with Crippen LogP contribution in [-0.2, 0) is 0 Å². The Morgan fingerprint density at radius 1 is 1.22 bits per heavy atom. The van der Waals surface area contributed by atoms with Gasteiger partial charge in [-0.1, -0.05) is 11.6 Å². The van der Waals surface area contributed by atoms with Crippen LogP contribution in [-0.4, -0.2) is 17.2 Å². The lowest BCUT2D eigenvalue weighted by Gasteiger charge is -2.30. The van der Waals surface area contributed by atoms with Crippen LogP contribution in [0.3, 0.4) is 0 Å². The molecule has 2 nitrogen and oxygen atoms in total. The number of aromatic nitrogens is 1. The predicted octanol–water partition coefficient (Wildman–Crippen LogP) is 4.27. The van der Waals surface area contributed by atoms with Gasteiger partial charge in [-0.25, -0.2) is 0 Å². The summed E-state index contributed by atoms with van der Waals surface area (Å²) < 4.78 is 37.5. The first-order valence-corrected chi connectivity index (χ1v) is 6.27. The number of hydrogen-bond acceptors (Lipinski definition) is 2. The van der Waals surface area contributed by atoms with E-state index in [1.54, 1.807) is 18.5 Å². The lowest BCUT2D eigenvalue weighted by Crippen LogP contribution is -2.32. The summed E-state index contributed by atoms with van der Waals surface area (Å²) in [5.41, 5.74) is 0.689. The van der Waals surface area contributed by atoms with Gasteiger partial charge in [0.25, 0.3) is 0 Å². The smallest absolute Gasteiger partial charge is 0.380 e. The van der Waals surface area contributed by atoms with Crippen LogP contribution in [0.2, 0.25) is 5.02 Å². The fraction of sp³-hybridized carbons (Fsp3) is 0.583. The van der Waals surface area contributed by atoms with Crippen molar-refractivity contribution in [3.8, 4) is 0 Å².